The Kier molecular flexibility index (Phi) is 6.52. The van der Waals surface area contributed by atoms with E-state index in [4.69, 9.17) is 23.2 Å². The number of aryl methyl sites for hydroxylation is 2. The van der Waals surface area contributed by atoms with Crippen LogP contribution in [0.5, 0.6) is 0 Å². The summed E-state index contributed by atoms with van der Waals surface area (Å²) < 4.78 is 26.1. The normalized spacial score (nSPS) is 11.0. The molecule has 0 spiro atoms. The number of sulfone groups is 1. The maximum atomic E-state index is 13.1. The molecule has 2 N–H and O–H groups in total. The third kappa shape index (κ3) is 5.76. The van der Waals surface area contributed by atoms with E-state index in [-0.39, 0.29) is 4.90 Å². The van der Waals surface area contributed by atoms with E-state index >= 15 is 0 Å². The Labute approximate surface area is 181 Å². The molecular weight excluding hydrogens is 427 g/mol. The molecule has 150 valence electrons. The van der Waals surface area contributed by atoms with Crippen LogP contribution in [-0.2, 0) is 9.84 Å². The Bertz CT molecular complexity index is 1090. The molecule has 0 fully saturated rings. The van der Waals surface area contributed by atoms with Crippen LogP contribution in [0.1, 0.15) is 11.1 Å². The molecule has 3 rings (SSSR count). The quantitative estimate of drug-likeness (QED) is 0.459. The van der Waals surface area contributed by atoms with E-state index in [9.17, 15) is 8.42 Å². The Morgan fingerprint density at radius 3 is 1.72 bits per heavy atom. The maximum absolute atomic E-state index is 13.1. The molecule has 0 amide bonds. The largest absolute Gasteiger partial charge is 0.341 e. The molecule has 0 aliphatic rings. The van der Waals surface area contributed by atoms with Crippen molar-refractivity contribution in [3.63, 3.8) is 0 Å². The molecule has 0 aliphatic carbocycles. The van der Waals surface area contributed by atoms with Crippen molar-refractivity contribution in [2.24, 2.45) is 0 Å². The summed E-state index contributed by atoms with van der Waals surface area (Å²) in [6, 6.07) is 19.2. The second kappa shape index (κ2) is 8.91. The van der Waals surface area contributed by atoms with Gasteiger partial charge in [-0.3, -0.25) is 0 Å². The molecule has 0 radical (unpaired) electrons. The Hall–Kier alpha value is -2.47. The average Bonchev–Trinajstić information content (AvgIpc) is 2.65. The van der Waals surface area contributed by atoms with E-state index in [0.717, 1.165) is 5.56 Å². The lowest BCUT2D eigenvalue weighted by molar-refractivity contribution is 0.604. The van der Waals surface area contributed by atoms with Gasteiger partial charge in [-0.2, -0.15) is 0 Å². The first-order chi connectivity index (χ1) is 13.7. The smallest absolute Gasteiger partial charge is 0.203 e. The molecule has 0 unspecified atom stereocenters. The first-order valence-corrected chi connectivity index (χ1v) is 11.1. The predicted molar refractivity (Wildman–Crippen MR) is 121 cm³/mol. The molecule has 0 atom stereocenters. The lowest BCUT2D eigenvalue weighted by atomic mass is 10.2. The molecule has 0 bridgehead atoms. The monoisotopic (exact) mass is 446 g/mol. The van der Waals surface area contributed by atoms with Crippen molar-refractivity contribution in [2.45, 2.75) is 18.7 Å². The zero-order valence-electron chi connectivity index (χ0n) is 15.9. The van der Waals surface area contributed by atoms with Gasteiger partial charge in [0.15, 0.2) is 0 Å². The molecule has 0 aromatic heterocycles. The van der Waals surface area contributed by atoms with Gasteiger partial charge in [-0.1, -0.05) is 40.9 Å². The van der Waals surface area contributed by atoms with Crippen molar-refractivity contribution in [3.8, 4) is 0 Å². The molecule has 0 saturated heterocycles. The molecular formula is C22H20Cl2N2O2S. The topological polar surface area (TPSA) is 58.2 Å². The summed E-state index contributed by atoms with van der Waals surface area (Å²) in [6.07, 6.45) is 0. The Morgan fingerprint density at radius 2 is 1.28 bits per heavy atom. The van der Waals surface area contributed by atoms with Crippen LogP contribution in [0.25, 0.3) is 0 Å². The average molecular weight is 447 g/mol. The van der Waals surface area contributed by atoms with Gasteiger partial charge in [-0.25, -0.2) is 8.42 Å². The van der Waals surface area contributed by atoms with Crippen LogP contribution < -0.4 is 10.6 Å². The zero-order chi connectivity index (χ0) is 21.0. The van der Waals surface area contributed by atoms with Gasteiger partial charge in [0.1, 0.15) is 5.82 Å². The summed E-state index contributed by atoms with van der Waals surface area (Å²) in [6.45, 7) is 3.71. The molecule has 3 aromatic rings. The van der Waals surface area contributed by atoms with Gasteiger partial charge in [0.2, 0.25) is 9.84 Å². The second-order valence-electron chi connectivity index (χ2n) is 6.61. The molecule has 4 nitrogen and oxygen atoms in total. The van der Waals surface area contributed by atoms with Gasteiger partial charge < -0.3 is 10.6 Å². The van der Waals surface area contributed by atoms with Gasteiger partial charge in [-0.05, 0) is 74.0 Å². The first-order valence-electron chi connectivity index (χ1n) is 8.82. The van der Waals surface area contributed by atoms with Crippen molar-refractivity contribution in [1.82, 2.24) is 0 Å². The van der Waals surface area contributed by atoms with Crippen molar-refractivity contribution < 1.29 is 8.42 Å². The second-order valence-corrected chi connectivity index (χ2v) is 9.25. The lowest BCUT2D eigenvalue weighted by Gasteiger charge is -2.15. The molecule has 7 heteroatoms. The van der Waals surface area contributed by atoms with E-state index < -0.39 is 9.84 Å². The van der Waals surface area contributed by atoms with E-state index in [0.29, 0.717) is 32.8 Å². The summed E-state index contributed by atoms with van der Waals surface area (Å²) in [5.41, 5.74) is 3.08. The van der Waals surface area contributed by atoms with Gasteiger partial charge in [0, 0.05) is 21.4 Å². The van der Waals surface area contributed by atoms with E-state index in [1.807, 2.05) is 13.0 Å². The summed E-state index contributed by atoms with van der Waals surface area (Å²) >= 11 is 11.9. The van der Waals surface area contributed by atoms with Gasteiger partial charge >= 0.3 is 0 Å². The number of hydrogen-bond acceptors (Lipinski definition) is 4. The van der Waals surface area contributed by atoms with Crippen LogP contribution in [0, 0.1) is 13.8 Å². The Balaban J connectivity index is 1.99. The Morgan fingerprint density at radius 1 is 0.793 bits per heavy atom. The number of nitrogens with one attached hydrogen (secondary N) is 2. The molecule has 0 aliphatic heterocycles. The first kappa shape index (κ1) is 21.2. The molecule has 29 heavy (non-hydrogen) atoms. The summed E-state index contributed by atoms with van der Waals surface area (Å²) in [5.74, 6) is 0.301. The number of benzene rings is 3. The summed E-state index contributed by atoms with van der Waals surface area (Å²) in [5, 5.41) is 8.58. The van der Waals surface area contributed by atoms with Gasteiger partial charge in [-0.15, -0.1) is 0 Å². The zero-order valence-corrected chi connectivity index (χ0v) is 18.2. The highest BCUT2D eigenvalue weighted by Crippen LogP contribution is 2.23. The fourth-order valence-electron chi connectivity index (χ4n) is 2.80. The molecule has 0 heterocycles. The highest BCUT2D eigenvalue weighted by atomic mass is 35.5. The minimum atomic E-state index is -3.70. The predicted octanol–water partition coefficient (Wildman–Crippen LogP) is 6.41. The number of hydrogen-bond donors (Lipinski definition) is 2. The van der Waals surface area contributed by atoms with Crippen molar-refractivity contribution in [1.29, 1.82) is 0 Å². The highest BCUT2D eigenvalue weighted by molar-refractivity contribution is 7.94. The minimum absolute atomic E-state index is 0.261. The minimum Gasteiger partial charge on any atom is -0.341 e. The van der Waals surface area contributed by atoms with E-state index in [2.05, 4.69) is 10.6 Å². The summed E-state index contributed by atoms with van der Waals surface area (Å²) in [4.78, 5) is 0.261. The van der Waals surface area contributed by atoms with Crippen molar-refractivity contribution in [3.05, 3.63) is 99.1 Å². The SMILES string of the molecule is Cc1ccc(S(=O)(=O)C=C(Nc2ccc(Cl)cc2)Nc2ccc(Cl)cc2)c(C)c1. The van der Waals surface area contributed by atoms with E-state index in [1.54, 1.807) is 67.6 Å². The van der Waals surface area contributed by atoms with E-state index in [1.165, 1.54) is 5.41 Å². The van der Waals surface area contributed by atoms with Gasteiger partial charge in [0.05, 0.1) is 10.3 Å². The summed E-state index contributed by atoms with van der Waals surface area (Å²) in [7, 11) is -3.70. The van der Waals surface area contributed by atoms with Crippen LogP contribution in [0.2, 0.25) is 10.0 Å². The molecule has 0 saturated carbocycles. The van der Waals surface area contributed by atoms with Gasteiger partial charge in [0.25, 0.3) is 0 Å². The molecule has 3 aromatic carbocycles. The number of halogens is 2. The van der Waals surface area contributed by atoms with Crippen LogP contribution >= 0.6 is 23.2 Å². The van der Waals surface area contributed by atoms with Crippen LogP contribution in [0.4, 0.5) is 11.4 Å². The fraction of sp³-hybridized carbons (Fsp3) is 0.0909. The third-order valence-corrected chi connectivity index (χ3v) is 6.28. The number of anilines is 2. The maximum Gasteiger partial charge on any atom is 0.203 e. The number of rotatable bonds is 6. The fourth-order valence-corrected chi connectivity index (χ4v) is 4.38. The third-order valence-electron chi connectivity index (χ3n) is 4.16. The van der Waals surface area contributed by atoms with Crippen LogP contribution in [-0.4, -0.2) is 8.42 Å². The van der Waals surface area contributed by atoms with Crippen molar-refractivity contribution in [2.75, 3.05) is 10.6 Å². The highest BCUT2D eigenvalue weighted by Gasteiger charge is 2.16. The lowest BCUT2D eigenvalue weighted by Crippen LogP contribution is -2.13. The standard InChI is InChI=1S/C22H20Cl2N2O2S/c1-15-3-12-21(16(2)13-15)29(27,28)14-22(25-19-8-4-17(23)5-9-19)26-20-10-6-18(24)7-11-20/h3-14,25-26H,1-2H3. The van der Waals surface area contributed by atoms with Crippen LogP contribution in [0.3, 0.4) is 0 Å². The van der Waals surface area contributed by atoms with Crippen LogP contribution in [0.15, 0.2) is 82.9 Å². The van der Waals surface area contributed by atoms with Crippen molar-refractivity contribution >= 4 is 44.4 Å².